The molecule has 166 valence electrons. The summed E-state index contributed by atoms with van der Waals surface area (Å²) in [4.78, 5) is 0. The minimum absolute atomic E-state index is 1.18. The van der Waals surface area contributed by atoms with Crippen LogP contribution in [0, 0.1) is 0 Å². The van der Waals surface area contributed by atoms with Crippen molar-refractivity contribution in [3.8, 4) is 11.1 Å². The monoisotopic (exact) mass is 422 g/mol. The van der Waals surface area contributed by atoms with E-state index in [1.807, 2.05) is 0 Å². The van der Waals surface area contributed by atoms with E-state index in [4.69, 9.17) is 0 Å². The van der Waals surface area contributed by atoms with Gasteiger partial charge in [-0.3, -0.25) is 0 Å². The summed E-state index contributed by atoms with van der Waals surface area (Å²) in [5, 5.41) is 5.44. The van der Waals surface area contributed by atoms with Crippen LogP contribution >= 0.6 is 0 Å². The Hall–Kier alpha value is -2.60. The van der Waals surface area contributed by atoms with E-state index in [0.717, 1.165) is 0 Å². The molecule has 0 amide bonds. The zero-order valence-electron chi connectivity index (χ0n) is 20.2. The molecule has 0 aliphatic heterocycles. The Balaban J connectivity index is 2.03. The van der Waals surface area contributed by atoms with Crippen LogP contribution in [-0.2, 0) is 19.3 Å². The van der Waals surface area contributed by atoms with E-state index in [1.54, 1.807) is 16.7 Å². The van der Waals surface area contributed by atoms with Gasteiger partial charge in [-0.2, -0.15) is 0 Å². The van der Waals surface area contributed by atoms with E-state index in [-0.39, 0.29) is 0 Å². The summed E-state index contributed by atoms with van der Waals surface area (Å²) in [6.45, 7) is 6.94. The molecule has 0 radical (unpaired) electrons. The first-order valence-corrected chi connectivity index (χ1v) is 12.8. The summed E-state index contributed by atoms with van der Waals surface area (Å²) in [6.07, 6.45) is 11.2. The SMILES string of the molecule is CCCCc1ccc(-c2c3ccccc3cc3ccccc23)c(CCCC)c1CCCC. The van der Waals surface area contributed by atoms with Gasteiger partial charge in [0.15, 0.2) is 0 Å². The summed E-state index contributed by atoms with van der Waals surface area (Å²) in [7, 11) is 0. The Bertz CT molecular complexity index is 1130. The molecule has 0 fully saturated rings. The van der Waals surface area contributed by atoms with Gasteiger partial charge in [0.1, 0.15) is 0 Å². The van der Waals surface area contributed by atoms with E-state index in [1.165, 1.54) is 90.5 Å². The predicted octanol–water partition coefficient (Wildman–Crippen LogP) is 9.69. The van der Waals surface area contributed by atoms with Crippen molar-refractivity contribution in [2.24, 2.45) is 0 Å². The van der Waals surface area contributed by atoms with E-state index in [9.17, 15) is 0 Å². The highest BCUT2D eigenvalue weighted by Gasteiger charge is 2.18. The zero-order chi connectivity index (χ0) is 22.3. The average Bonchev–Trinajstić information content (AvgIpc) is 2.83. The Labute approximate surface area is 194 Å². The highest BCUT2D eigenvalue weighted by molar-refractivity contribution is 6.13. The molecular formula is C32H38. The summed E-state index contributed by atoms with van der Waals surface area (Å²) in [5.74, 6) is 0. The van der Waals surface area contributed by atoms with Crippen molar-refractivity contribution in [2.45, 2.75) is 78.6 Å². The van der Waals surface area contributed by atoms with Crippen molar-refractivity contribution in [3.63, 3.8) is 0 Å². The van der Waals surface area contributed by atoms with Crippen molar-refractivity contribution < 1.29 is 0 Å². The summed E-state index contributed by atoms with van der Waals surface area (Å²) in [5.41, 5.74) is 7.78. The van der Waals surface area contributed by atoms with Crippen LogP contribution in [0.25, 0.3) is 32.7 Å². The molecule has 0 heteroatoms. The van der Waals surface area contributed by atoms with Gasteiger partial charge in [0.2, 0.25) is 0 Å². The van der Waals surface area contributed by atoms with Crippen LogP contribution in [-0.4, -0.2) is 0 Å². The Morgan fingerprint density at radius 2 is 1.06 bits per heavy atom. The summed E-state index contributed by atoms with van der Waals surface area (Å²) >= 11 is 0. The third-order valence-electron chi connectivity index (χ3n) is 6.93. The number of hydrogen-bond acceptors (Lipinski definition) is 0. The lowest BCUT2D eigenvalue weighted by Crippen LogP contribution is -2.04. The fraction of sp³-hybridized carbons (Fsp3) is 0.375. The number of unbranched alkanes of at least 4 members (excludes halogenated alkanes) is 3. The summed E-state index contributed by atoms with van der Waals surface area (Å²) < 4.78 is 0. The van der Waals surface area contributed by atoms with E-state index < -0.39 is 0 Å². The second kappa shape index (κ2) is 10.8. The Morgan fingerprint density at radius 3 is 1.66 bits per heavy atom. The van der Waals surface area contributed by atoms with Crippen LogP contribution < -0.4 is 0 Å². The molecule has 4 aromatic carbocycles. The first-order valence-electron chi connectivity index (χ1n) is 12.8. The molecule has 0 heterocycles. The highest BCUT2D eigenvalue weighted by Crippen LogP contribution is 2.40. The number of benzene rings is 4. The van der Waals surface area contributed by atoms with Crippen LogP contribution in [0.2, 0.25) is 0 Å². The second-order valence-electron chi connectivity index (χ2n) is 9.23. The van der Waals surface area contributed by atoms with E-state index in [0.29, 0.717) is 0 Å². The fourth-order valence-electron chi connectivity index (χ4n) is 5.19. The van der Waals surface area contributed by atoms with Crippen molar-refractivity contribution in [2.75, 3.05) is 0 Å². The van der Waals surface area contributed by atoms with Gasteiger partial charge in [0.05, 0.1) is 0 Å². The minimum Gasteiger partial charge on any atom is -0.0654 e. The van der Waals surface area contributed by atoms with E-state index in [2.05, 4.69) is 87.5 Å². The maximum absolute atomic E-state index is 2.46. The lowest BCUT2D eigenvalue weighted by molar-refractivity contribution is 0.736. The number of fused-ring (bicyclic) bond motifs is 2. The smallest absolute Gasteiger partial charge is 0.00239 e. The molecule has 0 nitrogen and oxygen atoms in total. The fourth-order valence-corrected chi connectivity index (χ4v) is 5.19. The minimum atomic E-state index is 1.18. The summed E-state index contributed by atoms with van der Waals surface area (Å²) in [6, 6.07) is 25.2. The van der Waals surface area contributed by atoms with Gasteiger partial charge in [-0.15, -0.1) is 0 Å². The zero-order valence-corrected chi connectivity index (χ0v) is 20.2. The van der Waals surface area contributed by atoms with Gasteiger partial charge in [0, 0.05) is 0 Å². The average molecular weight is 423 g/mol. The van der Waals surface area contributed by atoms with Crippen LogP contribution in [0.15, 0.2) is 66.7 Å². The van der Waals surface area contributed by atoms with Crippen LogP contribution in [0.5, 0.6) is 0 Å². The molecule has 4 aromatic rings. The molecule has 0 spiro atoms. The number of aryl methyl sites for hydroxylation is 1. The van der Waals surface area contributed by atoms with Gasteiger partial charge >= 0.3 is 0 Å². The predicted molar refractivity (Wildman–Crippen MR) is 143 cm³/mol. The highest BCUT2D eigenvalue weighted by atomic mass is 14.2. The standard InChI is InChI=1S/C32H38/c1-4-7-14-24-21-22-31(30(18-9-6-3)27(24)17-8-5-2)32-28-19-12-10-15-25(28)23-26-16-11-13-20-29(26)32/h10-13,15-16,19-23H,4-9,14,17-18H2,1-3H3. The molecule has 0 N–H and O–H groups in total. The lowest BCUT2D eigenvalue weighted by atomic mass is 9.83. The maximum Gasteiger partial charge on any atom is -0.00239 e. The quantitative estimate of drug-likeness (QED) is 0.223. The third kappa shape index (κ3) is 4.60. The van der Waals surface area contributed by atoms with Gasteiger partial charge in [-0.1, -0.05) is 101 Å². The molecule has 0 aliphatic rings. The first-order chi connectivity index (χ1) is 15.8. The molecule has 0 saturated carbocycles. The van der Waals surface area contributed by atoms with Gasteiger partial charge in [-0.25, -0.2) is 0 Å². The lowest BCUT2D eigenvalue weighted by Gasteiger charge is -2.22. The molecule has 32 heavy (non-hydrogen) atoms. The molecule has 0 unspecified atom stereocenters. The van der Waals surface area contributed by atoms with Crippen LogP contribution in [0.1, 0.15) is 76.0 Å². The number of rotatable bonds is 10. The largest absolute Gasteiger partial charge is 0.0654 e. The van der Waals surface area contributed by atoms with Crippen molar-refractivity contribution in [3.05, 3.63) is 83.4 Å². The number of hydrogen-bond donors (Lipinski definition) is 0. The second-order valence-corrected chi connectivity index (χ2v) is 9.23. The van der Waals surface area contributed by atoms with Gasteiger partial charge in [0.25, 0.3) is 0 Å². The molecule has 4 rings (SSSR count). The third-order valence-corrected chi connectivity index (χ3v) is 6.93. The van der Waals surface area contributed by atoms with Crippen molar-refractivity contribution in [1.29, 1.82) is 0 Å². The maximum atomic E-state index is 2.46. The molecular weight excluding hydrogens is 384 g/mol. The normalized spacial score (nSPS) is 11.5. The molecule has 0 aromatic heterocycles. The molecule has 0 atom stereocenters. The topological polar surface area (TPSA) is 0 Å². The van der Waals surface area contributed by atoms with Crippen LogP contribution in [0.4, 0.5) is 0 Å². The van der Waals surface area contributed by atoms with Gasteiger partial charge < -0.3 is 0 Å². The molecule has 0 bridgehead atoms. The Kier molecular flexibility index (Phi) is 7.63. The van der Waals surface area contributed by atoms with Crippen molar-refractivity contribution in [1.82, 2.24) is 0 Å². The first kappa shape index (κ1) is 22.6. The van der Waals surface area contributed by atoms with Crippen LogP contribution in [0.3, 0.4) is 0 Å². The molecule has 0 saturated heterocycles. The van der Waals surface area contributed by atoms with Gasteiger partial charge in [-0.05, 0) is 94.0 Å². The van der Waals surface area contributed by atoms with E-state index >= 15 is 0 Å². The Morgan fingerprint density at radius 1 is 0.531 bits per heavy atom. The van der Waals surface area contributed by atoms with Crippen molar-refractivity contribution >= 4 is 21.5 Å². The molecule has 0 aliphatic carbocycles.